The molecule has 2 aliphatic rings. The quantitative estimate of drug-likeness (QED) is 0.372. The first-order valence-corrected chi connectivity index (χ1v) is 13.4. The van der Waals surface area contributed by atoms with Crippen LogP contribution in [0, 0.1) is 0 Å². The van der Waals surface area contributed by atoms with Gasteiger partial charge < -0.3 is 9.47 Å². The Kier molecular flexibility index (Phi) is 6.52. The zero-order chi connectivity index (χ0) is 26.1. The Labute approximate surface area is 223 Å². The molecule has 0 saturated heterocycles. The number of Topliss-reactive ketones (excluding diaryl/α,β-unsaturated/α-hetero) is 1. The maximum atomic E-state index is 13.7. The van der Waals surface area contributed by atoms with Gasteiger partial charge in [0.1, 0.15) is 18.1 Å². The summed E-state index contributed by atoms with van der Waals surface area (Å²) in [5, 5.41) is 0. The van der Waals surface area contributed by atoms with Gasteiger partial charge >= 0.3 is 0 Å². The van der Waals surface area contributed by atoms with Crippen LogP contribution in [0.15, 0.2) is 99.9 Å². The Hall–Kier alpha value is -4.23. The second kappa shape index (κ2) is 10.3. The molecule has 38 heavy (non-hydrogen) atoms. The maximum Gasteiger partial charge on any atom is 0.271 e. The van der Waals surface area contributed by atoms with Crippen molar-refractivity contribution in [2.75, 3.05) is 7.11 Å². The smallest absolute Gasteiger partial charge is 0.271 e. The minimum atomic E-state index is -0.490. The summed E-state index contributed by atoms with van der Waals surface area (Å²) in [6.07, 6.45) is 3.88. The highest BCUT2D eigenvalue weighted by Gasteiger charge is 2.34. The van der Waals surface area contributed by atoms with Crippen LogP contribution in [0.25, 0.3) is 6.08 Å². The van der Waals surface area contributed by atoms with Gasteiger partial charge in [0.15, 0.2) is 10.6 Å². The molecule has 0 radical (unpaired) electrons. The van der Waals surface area contributed by atoms with E-state index >= 15 is 0 Å². The Morgan fingerprint density at radius 3 is 2.42 bits per heavy atom. The van der Waals surface area contributed by atoms with Gasteiger partial charge in [-0.3, -0.25) is 14.2 Å². The number of hydrogen-bond donors (Lipinski definition) is 0. The summed E-state index contributed by atoms with van der Waals surface area (Å²) >= 11 is 1.36. The lowest BCUT2D eigenvalue weighted by atomic mass is 9.86. The molecular formula is C31H26N2O4S. The predicted octanol–water partition coefficient (Wildman–Crippen LogP) is 4.56. The molecule has 0 saturated carbocycles. The number of thiazole rings is 1. The molecule has 3 aromatic carbocycles. The number of benzene rings is 3. The highest BCUT2D eigenvalue weighted by atomic mass is 32.1. The van der Waals surface area contributed by atoms with E-state index in [4.69, 9.17) is 14.5 Å². The van der Waals surface area contributed by atoms with Crippen LogP contribution in [0.1, 0.15) is 42.0 Å². The summed E-state index contributed by atoms with van der Waals surface area (Å²) in [5.41, 5.74) is 4.16. The van der Waals surface area contributed by atoms with E-state index in [2.05, 4.69) is 0 Å². The van der Waals surface area contributed by atoms with Crippen molar-refractivity contribution in [1.82, 2.24) is 4.57 Å². The van der Waals surface area contributed by atoms with Crippen molar-refractivity contribution >= 4 is 23.2 Å². The van der Waals surface area contributed by atoms with Crippen molar-refractivity contribution in [1.29, 1.82) is 0 Å². The molecule has 0 bridgehead atoms. The first-order chi connectivity index (χ1) is 18.6. The van der Waals surface area contributed by atoms with E-state index in [-0.39, 0.29) is 11.3 Å². The molecule has 6 rings (SSSR count). The SMILES string of the molecule is COc1ccc(C2C3=C(CCCC3=O)N=c3sc(=Cc4ccc(OCc5ccccc5)cc4)c(=O)n32)cc1. The van der Waals surface area contributed by atoms with Gasteiger partial charge in [-0.25, -0.2) is 4.99 Å². The standard InChI is InChI=1S/C31H26N2O4S/c1-36-23-16-12-22(13-17-23)29-28-25(8-5-9-26(28)34)32-31-33(29)30(35)27(38-31)18-20-10-14-24(15-11-20)37-19-21-6-3-2-4-7-21/h2-4,6-7,10-18,29H,5,8-9,19H2,1H3. The van der Waals surface area contributed by atoms with Gasteiger partial charge in [-0.1, -0.05) is 65.9 Å². The maximum absolute atomic E-state index is 13.7. The van der Waals surface area contributed by atoms with E-state index in [0.29, 0.717) is 27.9 Å². The van der Waals surface area contributed by atoms with Crippen molar-refractivity contribution in [2.45, 2.75) is 31.9 Å². The monoisotopic (exact) mass is 522 g/mol. The zero-order valence-corrected chi connectivity index (χ0v) is 21.7. The van der Waals surface area contributed by atoms with Crippen molar-refractivity contribution in [3.8, 4) is 11.5 Å². The number of rotatable bonds is 6. The Balaban J connectivity index is 1.36. The van der Waals surface area contributed by atoms with Crippen LogP contribution in [0.5, 0.6) is 11.5 Å². The number of fused-ring (bicyclic) bond motifs is 1. The predicted molar refractivity (Wildman–Crippen MR) is 147 cm³/mol. The molecule has 0 amide bonds. The van der Waals surface area contributed by atoms with Crippen molar-refractivity contribution in [3.05, 3.63) is 127 Å². The molecule has 4 aromatic rings. The minimum absolute atomic E-state index is 0.0659. The summed E-state index contributed by atoms with van der Waals surface area (Å²) in [7, 11) is 1.62. The largest absolute Gasteiger partial charge is 0.497 e. The lowest BCUT2D eigenvalue weighted by Crippen LogP contribution is -2.40. The second-order valence-corrected chi connectivity index (χ2v) is 10.3. The molecule has 0 N–H and O–H groups in total. The van der Waals surface area contributed by atoms with Crippen LogP contribution in [0.2, 0.25) is 0 Å². The van der Waals surface area contributed by atoms with E-state index in [1.807, 2.05) is 84.9 Å². The summed E-state index contributed by atoms with van der Waals surface area (Å²) in [6.45, 7) is 0.494. The number of ketones is 1. The lowest BCUT2D eigenvalue weighted by molar-refractivity contribution is -0.116. The van der Waals surface area contributed by atoms with Crippen LogP contribution >= 0.6 is 11.3 Å². The van der Waals surface area contributed by atoms with Gasteiger partial charge in [0.05, 0.1) is 23.4 Å². The number of methoxy groups -OCH3 is 1. The van der Waals surface area contributed by atoms with Gasteiger partial charge in [-0.2, -0.15) is 0 Å². The second-order valence-electron chi connectivity index (χ2n) is 9.34. The van der Waals surface area contributed by atoms with E-state index in [9.17, 15) is 9.59 Å². The molecule has 1 unspecified atom stereocenters. The molecule has 1 aliphatic heterocycles. The van der Waals surface area contributed by atoms with Crippen LogP contribution in [-0.2, 0) is 11.4 Å². The van der Waals surface area contributed by atoms with E-state index in [1.165, 1.54) is 11.3 Å². The number of allylic oxidation sites excluding steroid dienone is 2. The van der Waals surface area contributed by atoms with Gasteiger partial charge in [-0.05, 0) is 59.9 Å². The number of hydrogen-bond acceptors (Lipinski definition) is 6. The molecular weight excluding hydrogens is 496 g/mol. The van der Waals surface area contributed by atoms with Gasteiger partial charge in [0.25, 0.3) is 5.56 Å². The fraction of sp³-hybridized carbons (Fsp3) is 0.194. The van der Waals surface area contributed by atoms with Gasteiger partial charge in [0, 0.05) is 12.0 Å². The van der Waals surface area contributed by atoms with Crippen LogP contribution in [0.3, 0.4) is 0 Å². The first kappa shape index (κ1) is 24.1. The molecule has 0 spiro atoms. The highest BCUT2D eigenvalue weighted by Crippen LogP contribution is 2.36. The number of carbonyl (C=O) groups excluding carboxylic acids is 1. The fourth-order valence-electron chi connectivity index (χ4n) is 4.96. The molecule has 0 fully saturated rings. The van der Waals surface area contributed by atoms with Crippen LogP contribution < -0.4 is 24.4 Å². The number of carbonyl (C=O) groups is 1. The zero-order valence-electron chi connectivity index (χ0n) is 20.9. The highest BCUT2D eigenvalue weighted by molar-refractivity contribution is 7.07. The van der Waals surface area contributed by atoms with Crippen molar-refractivity contribution in [3.63, 3.8) is 0 Å². The van der Waals surface area contributed by atoms with Crippen LogP contribution in [-0.4, -0.2) is 17.5 Å². The van der Waals surface area contributed by atoms with E-state index < -0.39 is 6.04 Å². The summed E-state index contributed by atoms with van der Waals surface area (Å²) < 4.78 is 13.5. The average molecular weight is 523 g/mol. The lowest BCUT2D eigenvalue weighted by Gasteiger charge is -2.28. The summed E-state index contributed by atoms with van der Waals surface area (Å²) in [6, 6.07) is 24.8. The molecule has 1 aromatic heterocycles. The van der Waals surface area contributed by atoms with E-state index in [1.54, 1.807) is 11.7 Å². The molecule has 7 heteroatoms. The topological polar surface area (TPSA) is 69.9 Å². The Morgan fingerprint density at radius 1 is 0.947 bits per heavy atom. The molecule has 2 heterocycles. The number of nitrogens with zero attached hydrogens (tertiary/aromatic N) is 2. The Morgan fingerprint density at radius 2 is 1.68 bits per heavy atom. The normalized spacial score (nSPS) is 17.0. The average Bonchev–Trinajstić information content (AvgIpc) is 3.26. The third kappa shape index (κ3) is 4.61. The molecule has 1 atom stereocenters. The summed E-state index contributed by atoms with van der Waals surface area (Å²) in [5.74, 6) is 1.55. The third-order valence-corrected chi connectivity index (χ3v) is 7.87. The number of ether oxygens (including phenoxy) is 2. The van der Waals surface area contributed by atoms with Gasteiger partial charge in [0.2, 0.25) is 0 Å². The minimum Gasteiger partial charge on any atom is -0.497 e. The fourth-order valence-corrected chi connectivity index (χ4v) is 5.98. The van der Waals surface area contributed by atoms with Crippen molar-refractivity contribution in [2.24, 2.45) is 4.99 Å². The first-order valence-electron chi connectivity index (χ1n) is 12.6. The number of aromatic nitrogens is 1. The molecule has 1 aliphatic carbocycles. The van der Waals surface area contributed by atoms with Crippen molar-refractivity contribution < 1.29 is 14.3 Å². The van der Waals surface area contributed by atoms with Crippen LogP contribution in [0.4, 0.5) is 0 Å². The molecule has 6 nitrogen and oxygen atoms in total. The molecule has 190 valence electrons. The third-order valence-electron chi connectivity index (χ3n) is 6.89. The van der Waals surface area contributed by atoms with Gasteiger partial charge in [-0.15, -0.1) is 0 Å². The summed E-state index contributed by atoms with van der Waals surface area (Å²) in [4.78, 5) is 32.2. The Bertz CT molecular complexity index is 1700. The van der Waals surface area contributed by atoms with E-state index in [0.717, 1.165) is 46.7 Å².